The van der Waals surface area contributed by atoms with Crippen LogP contribution in [0.5, 0.6) is 0 Å². The predicted octanol–water partition coefficient (Wildman–Crippen LogP) is 9.62. The van der Waals surface area contributed by atoms with Crippen LogP contribution in [0.4, 0.5) is 0 Å². The average molecular weight is 629 g/mol. The second-order valence-corrected chi connectivity index (χ2v) is 13.9. The van der Waals surface area contributed by atoms with Crippen LogP contribution in [0.15, 0.2) is 0 Å². The van der Waals surface area contributed by atoms with Gasteiger partial charge in [0.05, 0.1) is 31.5 Å². The summed E-state index contributed by atoms with van der Waals surface area (Å²) in [5, 5.41) is 9.80. The van der Waals surface area contributed by atoms with Crippen LogP contribution in [0.3, 0.4) is 0 Å². The molecule has 0 saturated heterocycles. The van der Waals surface area contributed by atoms with Gasteiger partial charge in [0, 0.05) is 25.3 Å². The first-order valence-corrected chi connectivity index (χ1v) is 19.3. The molecule has 0 aromatic rings. The molecule has 0 radical (unpaired) electrons. The molecule has 0 spiro atoms. The Labute approximate surface area is 275 Å². The molecule has 44 heavy (non-hydrogen) atoms. The van der Waals surface area contributed by atoms with Crippen molar-refractivity contribution < 1.29 is 19.3 Å². The molecule has 0 saturated carbocycles. The zero-order valence-corrected chi connectivity index (χ0v) is 30.3. The third-order valence-electron chi connectivity index (χ3n) is 9.20. The maximum absolute atomic E-state index is 9.80. The number of nitrogens with two attached hydrogens (primary N) is 2. The smallest absolute Gasteiger partial charge is 0.0895 e. The summed E-state index contributed by atoms with van der Waals surface area (Å²) in [7, 11) is 0. The van der Waals surface area contributed by atoms with Gasteiger partial charge in [0.1, 0.15) is 0 Å². The van der Waals surface area contributed by atoms with Crippen LogP contribution >= 0.6 is 0 Å². The van der Waals surface area contributed by atoms with Gasteiger partial charge >= 0.3 is 0 Å². The highest BCUT2D eigenvalue weighted by molar-refractivity contribution is 4.89. The van der Waals surface area contributed by atoms with Gasteiger partial charge in [-0.1, -0.05) is 155 Å². The highest BCUT2D eigenvalue weighted by Crippen LogP contribution is 2.20. The highest BCUT2D eigenvalue weighted by atomic mass is 16.5. The normalized spacial score (nSPS) is 15.3. The largest absolute Gasteiger partial charge is 0.389 e. The molecule has 0 aromatic carbocycles. The Morgan fingerprint density at radius 2 is 0.955 bits per heavy atom. The number of aliphatic hydroxyl groups excluding tert-OH is 1. The first kappa shape index (κ1) is 43.8. The first-order chi connectivity index (χ1) is 21.4. The topological polar surface area (TPSA) is 100.0 Å². The van der Waals surface area contributed by atoms with Crippen molar-refractivity contribution in [3.63, 3.8) is 0 Å². The highest BCUT2D eigenvalue weighted by Gasteiger charge is 2.31. The Bertz CT molecular complexity index is 563. The van der Waals surface area contributed by atoms with E-state index in [0.717, 1.165) is 26.1 Å². The van der Waals surface area contributed by atoms with Gasteiger partial charge in [0.25, 0.3) is 0 Å². The molecule has 0 aromatic heterocycles. The van der Waals surface area contributed by atoms with E-state index >= 15 is 0 Å². The van der Waals surface area contributed by atoms with Crippen LogP contribution in [0.25, 0.3) is 0 Å². The van der Waals surface area contributed by atoms with Crippen molar-refractivity contribution >= 4 is 0 Å². The molecule has 0 amide bonds. The quantitative estimate of drug-likeness (QED) is 0.0598. The third-order valence-corrected chi connectivity index (χ3v) is 9.20. The fraction of sp³-hybridized carbons (Fsp3) is 1.00. The molecule has 0 aliphatic heterocycles. The van der Waals surface area contributed by atoms with E-state index < -0.39 is 11.6 Å². The zero-order chi connectivity index (χ0) is 32.6. The van der Waals surface area contributed by atoms with E-state index in [1.54, 1.807) is 0 Å². The van der Waals surface area contributed by atoms with Crippen LogP contribution in [-0.2, 0) is 14.2 Å². The van der Waals surface area contributed by atoms with E-state index in [0.29, 0.717) is 13.0 Å². The van der Waals surface area contributed by atoms with Gasteiger partial charge in [0.15, 0.2) is 0 Å². The molecule has 0 aliphatic rings. The fourth-order valence-electron chi connectivity index (χ4n) is 5.79. The molecule has 5 N–H and O–H groups in total. The van der Waals surface area contributed by atoms with E-state index in [1.807, 2.05) is 13.8 Å². The van der Waals surface area contributed by atoms with E-state index in [-0.39, 0.29) is 25.4 Å². The molecule has 0 heterocycles. The molecule has 0 bridgehead atoms. The van der Waals surface area contributed by atoms with Crippen LogP contribution in [0.1, 0.15) is 188 Å². The minimum atomic E-state index is -0.662. The summed E-state index contributed by atoms with van der Waals surface area (Å²) >= 11 is 0. The Kier molecular flexibility index (Phi) is 32.5. The molecular formula is C38H80N2O4. The Balaban J connectivity index is 4.22. The molecule has 0 fully saturated rings. The van der Waals surface area contributed by atoms with E-state index in [4.69, 9.17) is 25.7 Å². The first-order valence-electron chi connectivity index (χ1n) is 19.3. The molecule has 4 unspecified atom stereocenters. The van der Waals surface area contributed by atoms with Gasteiger partial charge < -0.3 is 30.8 Å². The van der Waals surface area contributed by atoms with Gasteiger partial charge in [0.2, 0.25) is 0 Å². The van der Waals surface area contributed by atoms with Crippen molar-refractivity contribution in [1.82, 2.24) is 0 Å². The monoisotopic (exact) mass is 629 g/mol. The third kappa shape index (κ3) is 29.2. The lowest BCUT2D eigenvalue weighted by atomic mass is 9.90. The van der Waals surface area contributed by atoms with Crippen molar-refractivity contribution in [3.8, 4) is 0 Å². The number of rotatable bonds is 36. The van der Waals surface area contributed by atoms with E-state index in [2.05, 4.69) is 13.8 Å². The van der Waals surface area contributed by atoms with Crippen molar-refractivity contribution in [2.45, 2.75) is 212 Å². The molecule has 6 heteroatoms. The summed E-state index contributed by atoms with van der Waals surface area (Å²) < 4.78 is 18.3. The van der Waals surface area contributed by atoms with Gasteiger partial charge in [-0.05, 0) is 33.1 Å². The minimum Gasteiger partial charge on any atom is -0.389 e. The van der Waals surface area contributed by atoms with Crippen LogP contribution < -0.4 is 11.5 Å². The fourth-order valence-corrected chi connectivity index (χ4v) is 5.79. The van der Waals surface area contributed by atoms with Crippen LogP contribution in [0.2, 0.25) is 0 Å². The number of hydrogen-bond donors (Lipinski definition) is 3. The van der Waals surface area contributed by atoms with E-state index in [9.17, 15) is 5.11 Å². The molecule has 0 rings (SSSR count). The number of ether oxygens (including phenoxy) is 3. The Hall–Kier alpha value is -0.240. The Morgan fingerprint density at radius 3 is 1.36 bits per heavy atom. The second-order valence-electron chi connectivity index (χ2n) is 13.9. The van der Waals surface area contributed by atoms with Crippen molar-refractivity contribution in [2.75, 3.05) is 33.0 Å². The van der Waals surface area contributed by atoms with Gasteiger partial charge in [-0.15, -0.1) is 0 Å². The standard InChI is InChI=1S/C38H80N2O4/c1-5-7-9-11-13-15-17-19-21-23-25-27-29-42-34-37(31-38(4,40)35(3)44-33-36(41)32-39)43-30-28-26-24-22-20-18-16-14-12-10-8-6-2/h35-37,41H,5-34,39-40H2,1-4H3. The van der Waals surface area contributed by atoms with Gasteiger partial charge in [-0.2, -0.15) is 0 Å². The summed E-state index contributed by atoms with van der Waals surface area (Å²) in [6.07, 6.45) is 31.9. The summed E-state index contributed by atoms with van der Waals surface area (Å²) in [5.74, 6) is 0. The van der Waals surface area contributed by atoms with Crippen LogP contribution in [0, 0.1) is 0 Å². The lowest BCUT2D eigenvalue weighted by Gasteiger charge is -2.35. The Morgan fingerprint density at radius 1 is 0.568 bits per heavy atom. The summed E-state index contributed by atoms with van der Waals surface area (Å²) in [6.45, 7) is 11.0. The number of aliphatic hydroxyl groups is 1. The second kappa shape index (κ2) is 32.7. The maximum atomic E-state index is 9.80. The molecule has 0 aliphatic carbocycles. The SMILES string of the molecule is CCCCCCCCCCCCCCOCC(CC(C)(N)C(C)OCC(O)CN)OCCCCCCCCCCCCCC. The minimum absolute atomic E-state index is 0.0551. The zero-order valence-electron chi connectivity index (χ0n) is 30.3. The summed E-state index contributed by atoms with van der Waals surface area (Å²) in [6, 6.07) is 0. The van der Waals surface area contributed by atoms with Crippen molar-refractivity contribution in [1.29, 1.82) is 0 Å². The van der Waals surface area contributed by atoms with Crippen molar-refractivity contribution in [2.24, 2.45) is 11.5 Å². The number of unbranched alkanes of at least 4 members (excludes halogenated alkanes) is 22. The average Bonchev–Trinajstić information content (AvgIpc) is 3.01. The predicted molar refractivity (Wildman–Crippen MR) is 190 cm³/mol. The van der Waals surface area contributed by atoms with Crippen molar-refractivity contribution in [3.05, 3.63) is 0 Å². The molecule has 6 nitrogen and oxygen atoms in total. The number of hydrogen-bond acceptors (Lipinski definition) is 6. The lowest BCUT2D eigenvalue weighted by molar-refractivity contribution is -0.0650. The summed E-state index contributed by atoms with van der Waals surface area (Å²) in [5.41, 5.74) is 11.7. The molecule has 266 valence electrons. The summed E-state index contributed by atoms with van der Waals surface area (Å²) in [4.78, 5) is 0. The van der Waals surface area contributed by atoms with E-state index in [1.165, 1.54) is 141 Å². The molecule has 4 atom stereocenters. The van der Waals surface area contributed by atoms with Crippen LogP contribution in [-0.4, -0.2) is 61.9 Å². The van der Waals surface area contributed by atoms with Gasteiger partial charge in [-0.25, -0.2) is 0 Å². The maximum Gasteiger partial charge on any atom is 0.0895 e. The lowest BCUT2D eigenvalue weighted by Crippen LogP contribution is -2.52. The molecular weight excluding hydrogens is 548 g/mol. The van der Waals surface area contributed by atoms with Gasteiger partial charge in [-0.3, -0.25) is 0 Å².